The molecule has 0 saturated heterocycles. The number of anilines is 2. The summed E-state index contributed by atoms with van der Waals surface area (Å²) >= 11 is 3.05. The zero-order valence-corrected chi connectivity index (χ0v) is 14.8. The Labute approximate surface area is 152 Å². The summed E-state index contributed by atoms with van der Waals surface area (Å²) in [4.78, 5) is 18.8. The summed E-state index contributed by atoms with van der Waals surface area (Å²) in [5.74, 6) is 1.27. The van der Waals surface area contributed by atoms with Gasteiger partial charge in [-0.05, 0) is 30.0 Å². The third-order valence-corrected chi connectivity index (χ3v) is 5.52. The number of hydrogen-bond donors (Lipinski definition) is 2. The molecule has 1 aliphatic rings. The summed E-state index contributed by atoms with van der Waals surface area (Å²) < 4.78 is 10.6. The number of nitrogens with two attached hydrogens (primary N) is 1. The van der Waals surface area contributed by atoms with Crippen LogP contribution in [0, 0.1) is 0 Å². The number of fused-ring (bicyclic) bond motifs is 1. The minimum absolute atomic E-state index is 0.0667. The number of aromatic nitrogens is 1. The molecule has 0 unspecified atom stereocenters. The fourth-order valence-electron chi connectivity index (χ4n) is 2.57. The van der Waals surface area contributed by atoms with Gasteiger partial charge >= 0.3 is 0 Å². The van der Waals surface area contributed by atoms with E-state index in [1.165, 1.54) is 11.3 Å². The Kier molecular flexibility index (Phi) is 4.29. The first-order chi connectivity index (χ1) is 12.2. The molecule has 25 heavy (non-hydrogen) atoms. The molecule has 8 heteroatoms. The molecule has 3 N–H and O–H groups in total. The molecule has 6 nitrogen and oxygen atoms in total. The number of nitrogen functional groups attached to an aromatic ring is 1. The van der Waals surface area contributed by atoms with Gasteiger partial charge in [0.25, 0.3) is 0 Å². The van der Waals surface area contributed by atoms with Crippen LogP contribution in [0.2, 0.25) is 0 Å². The summed E-state index contributed by atoms with van der Waals surface area (Å²) in [6.45, 7) is 0.213. The van der Waals surface area contributed by atoms with E-state index >= 15 is 0 Å². The largest absolute Gasteiger partial charge is 0.454 e. The average Bonchev–Trinajstić information content (AvgIpc) is 3.32. The van der Waals surface area contributed by atoms with Gasteiger partial charge in [0.2, 0.25) is 12.7 Å². The molecule has 1 aliphatic heterocycles. The standard InChI is InChI=1S/C17H15N3O3S2/c18-17-20-16(13-2-1-7-24-13)14(25-17)5-6-15(21)19-10-3-4-11-12(8-10)23-9-22-11/h1-4,7-8H,5-6,9H2,(H2,18,20)(H,19,21). The highest BCUT2D eigenvalue weighted by Gasteiger charge is 2.16. The number of thiazole rings is 1. The van der Waals surface area contributed by atoms with Gasteiger partial charge in [0.1, 0.15) is 0 Å². The summed E-state index contributed by atoms with van der Waals surface area (Å²) in [6.07, 6.45) is 0.951. The van der Waals surface area contributed by atoms with Crippen molar-refractivity contribution in [1.82, 2.24) is 4.98 Å². The van der Waals surface area contributed by atoms with E-state index in [0.717, 1.165) is 15.4 Å². The van der Waals surface area contributed by atoms with Crippen molar-refractivity contribution >= 4 is 39.4 Å². The van der Waals surface area contributed by atoms with Crippen molar-refractivity contribution in [3.05, 3.63) is 40.6 Å². The molecular weight excluding hydrogens is 358 g/mol. The van der Waals surface area contributed by atoms with E-state index in [2.05, 4.69) is 10.3 Å². The molecule has 4 rings (SSSR count). The van der Waals surface area contributed by atoms with Crippen LogP contribution < -0.4 is 20.5 Å². The molecule has 3 heterocycles. The number of carbonyl (C=O) groups is 1. The Morgan fingerprint density at radius 3 is 3.00 bits per heavy atom. The normalized spacial score (nSPS) is 12.3. The number of thiophene rings is 1. The SMILES string of the molecule is Nc1nc(-c2cccs2)c(CCC(=O)Nc2ccc3c(c2)OCO3)s1. The van der Waals surface area contributed by atoms with Gasteiger partial charge in [-0.1, -0.05) is 6.07 Å². The van der Waals surface area contributed by atoms with E-state index in [1.54, 1.807) is 29.5 Å². The van der Waals surface area contributed by atoms with Gasteiger partial charge in [0.15, 0.2) is 16.6 Å². The lowest BCUT2D eigenvalue weighted by atomic mass is 10.2. The minimum atomic E-state index is -0.0667. The fourth-order valence-corrected chi connectivity index (χ4v) is 4.22. The number of nitrogens with one attached hydrogen (secondary N) is 1. The zero-order chi connectivity index (χ0) is 17.2. The third-order valence-electron chi connectivity index (χ3n) is 3.70. The molecule has 128 valence electrons. The van der Waals surface area contributed by atoms with Crippen LogP contribution in [0.3, 0.4) is 0 Å². The molecule has 3 aromatic rings. The van der Waals surface area contributed by atoms with Gasteiger partial charge in [-0.25, -0.2) is 4.98 Å². The van der Waals surface area contributed by atoms with E-state index in [0.29, 0.717) is 35.2 Å². The molecular formula is C17H15N3O3S2. The fraction of sp³-hybridized carbons (Fsp3) is 0.176. The lowest BCUT2D eigenvalue weighted by Gasteiger charge is -2.06. The van der Waals surface area contributed by atoms with Gasteiger partial charge in [-0.15, -0.1) is 22.7 Å². The zero-order valence-electron chi connectivity index (χ0n) is 13.2. The number of aryl methyl sites for hydroxylation is 1. The number of rotatable bonds is 5. The van der Waals surface area contributed by atoms with E-state index < -0.39 is 0 Å². The monoisotopic (exact) mass is 373 g/mol. The lowest BCUT2D eigenvalue weighted by Crippen LogP contribution is -2.12. The highest BCUT2D eigenvalue weighted by atomic mass is 32.1. The van der Waals surface area contributed by atoms with Gasteiger partial charge in [0.05, 0.1) is 10.6 Å². The summed E-state index contributed by atoms with van der Waals surface area (Å²) in [5, 5.41) is 5.41. The van der Waals surface area contributed by atoms with Crippen LogP contribution in [0.15, 0.2) is 35.7 Å². The lowest BCUT2D eigenvalue weighted by molar-refractivity contribution is -0.116. The van der Waals surface area contributed by atoms with Crippen molar-refractivity contribution in [3.63, 3.8) is 0 Å². The van der Waals surface area contributed by atoms with Crippen LogP contribution in [0.25, 0.3) is 10.6 Å². The van der Waals surface area contributed by atoms with Crippen LogP contribution in [-0.2, 0) is 11.2 Å². The highest BCUT2D eigenvalue weighted by molar-refractivity contribution is 7.17. The first-order valence-corrected chi connectivity index (χ1v) is 9.37. The van der Waals surface area contributed by atoms with Crippen LogP contribution in [-0.4, -0.2) is 17.7 Å². The maximum atomic E-state index is 12.3. The smallest absolute Gasteiger partial charge is 0.231 e. The van der Waals surface area contributed by atoms with E-state index in [1.807, 2.05) is 17.5 Å². The number of carbonyl (C=O) groups excluding carboxylic acids is 1. The van der Waals surface area contributed by atoms with Crippen LogP contribution >= 0.6 is 22.7 Å². The predicted octanol–water partition coefficient (Wildman–Crippen LogP) is 3.75. The minimum Gasteiger partial charge on any atom is -0.454 e. The van der Waals surface area contributed by atoms with Crippen molar-refractivity contribution < 1.29 is 14.3 Å². The second kappa shape index (κ2) is 6.73. The van der Waals surface area contributed by atoms with Crippen molar-refractivity contribution in [2.75, 3.05) is 17.8 Å². The maximum Gasteiger partial charge on any atom is 0.231 e. The summed E-state index contributed by atoms with van der Waals surface area (Å²) in [7, 11) is 0. The van der Waals surface area contributed by atoms with Crippen molar-refractivity contribution in [2.45, 2.75) is 12.8 Å². The summed E-state index contributed by atoms with van der Waals surface area (Å²) in [5.41, 5.74) is 7.43. The van der Waals surface area contributed by atoms with Crippen molar-refractivity contribution in [2.24, 2.45) is 0 Å². The van der Waals surface area contributed by atoms with Crippen LogP contribution in [0.1, 0.15) is 11.3 Å². The van der Waals surface area contributed by atoms with Gasteiger partial charge in [-0.2, -0.15) is 0 Å². The van der Waals surface area contributed by atoms with Crippen molar-refractivity contribution in [1.29, 1.82) is 0 Å². The topological polar surface area (TPSA) is 86.5 Å². The van der Waals surface area contributed by atoms with E-state index in [-0.39, 0.29) is 12.7 Å². The average molecular weight is 373 g/mol. The number of hydrogen-bond acceptors (Lipinski definition) is 7. The second-order valence-electron chi connectivity index (χ2n) is 5.42. The molecule has 0 bridgehead atoms. The van der Waals surface area contributed by atoms with Gasteiger partial charge < -0.3 is 20.5 Å². The summed E-state index contributed by atoms with van der Waals surface area (Å²) in [6, 6.07) is 9.34. The van der Waals surface area contributed by atoms with Gasteiger partial charge in [0, 0.05) is 23.1 Å². The number of amides is 1. The Hall–Kier alpha value is -2.58. The molecule has 2 aromatic heterocycles. The Morgan fingerprint density at radius 1 is 1.28 bits per heavy atom. The quantitative estimate of drug-likeness (QED) is 0.711. The number of nitrogens with zero attached hydrogens (tertiary/aromatic N) is 1. The first-order valence-electron chi connectivity index (χ1n) is 7.67. The molecule has 0 fully saturated rings. The van der Waals surface area contributed by atoms with E-state index in [9.17, 15) is 4.79 Å². The molecule has 0 radical (unpaired) electrons. The third kappa shape index (κ3) is 3.45. The molecule has 0 atom stereocenters. The van der Waals surface area contributed by atoms with Crippen LogP contribution in [0.5, 0.6) is 11.5 Å². The number of benzene rings is 1. The molecule has 0 saturated carbocycles. The van der Waals surface area contributed by atoms with E-state index in [4.69, 9.17) is 15.2 Å². The van der Waals surface area contributed by atoms with Crippen LogP contribution in [0.4, 0.5) is 10.8 Å². The molecule has 0 aliphatic carbocycles. The Balaban J connectivity index is 1.41. The second-order valence-corrected chi connectivity index (χ2v) is 7.48. The Bertz CT molecular complexity index is 906. The molecule has 0 spiro atoms. The molecule has 1 aromatic carbocycles. The predicted molar refractivity (Wildman–Crippen MR) is 99.4 cm³/mol. The molecule has 1 amide bonds. The highest BCUT2D eigenvalue weighted by Crippen LogP contribution is 2.35. The maximum absolute atomic E-state index is 12.3. The van der Waals surface area contributed by atoms with Crippen molar-refractivity contribution in [3.8, 4) is 22.1 Å². The first kappa shape index (κ1) is 15.9. The number of ether oxygens (including phenoxy) is 2. The Morgan fingerprint density at radius 2 is 2.16 bits per heavy atom. The van der Waals surface area contributed by atoms with Gasteiger partial charge in [-0.3, -0.25) is 4.79 Å².